The standard InChI is InChI=1S/C17H12BrClN6O/c18-14-15(23-25-7-1-6-20-16(14)25)17(26)22-13-8-21-24(10-13)9-11-2-4-12(19)5-3-11/h1-8,10H,9H2,(H,22,26). The molecular formula is C17H12BrClN6O. The van der Waals surface area contributed by atoms with Gasteiger partial charge < -0.3 is 5.32 Å². The molecule has 26 heavy (non-hydrogen) atoms. The maximum Gasteiger partial charge on any atom is 0.277 e. The Morgan fingerprint density at radius 3 is 2.85 bits per heavy atom. The van der Waals surface area contributed by atoms with E-state index in [9.17, 15) is 4.79 Å². The number of benzene rings is 1. The minimum atomic E-state index is -0.339. The van der Waals surface area contributed by atoms with Crippen LogP contribution >= 0.6 is 27.5 Å². The predicted molar refractivity (Wildman–Crippen MR) is 101 cm³/mol. The van der Waals surface area contributed by atoms with E-state index >= 15 is 0 Å². The quantitative estimate of drug-likeness (QED) is 0.535. The average molecular weight is 432 g/mol. The molecule has 0 saturated heterocycles. The Morgan fingerprint density at radius 2 is 2.08 bits per heavy atom. The van der Waals surface area contributed by atoms with Crippen LogP contribution in [0.25, 0.3) is 5.65 Å². The third kappa shape index (κ3) is 3.33. The zero-order chi connectivity index (χ0) is 18.1. The summed E-state index contributed by atoms with van der Waals surface area (Å²) in [7, 11) is 0. The normalized spacial score (nSPS) is 11.0. The van der Waals surface area contributed by atoms with Crippen LogP contribution in [-0.2, 0) is 6.54 Å². The van der Waals surface area contributed by atoms with Crippen molar-refractivity contribution >= 4 is 44.8 Å². The van der Waals surface area contributed by atoms with E-state index in [2.05, 4.69) is 36.4 Å². The fourth-order valence-corrected chi connectivity index (χ4v) is 3.16. The van der Waals surface area contributed by atoms with Crippen molar-refractivity contribution in [1.29, 1.82) is 0 Å². The molecule has 0 aliphatic carbocycles. The first-order valence-corrected chi connectivity index (χ1v) is 8.84. The van der Waals surface area contributed by atoms with Gasteiger partial charge in [-0.25, -0.2) is 9.50 Å². The molecule has 0 radical (unpaired) electrons. The number of amides is 1. The third-order valence-corrected chi connectivity index (χ3v) is 4.69. The number of halogens is 2. The maximum absolute atomic E-state index is 12.5. The number of hydrogen-bond donors (Lipinski definition) is 1. The van der Waals surface area contributed by atoms with Gasteiger partial charge in [-0.2, -0.15) is 10.2 Å². The van der Waals surface area contributed by atoms with Crippen molar-refractivity contribution in [2.24, 2.45) is 0 Å². The molecule has 0 saturated carbocycles. The Hall–Kier alpha value is -2.71. The Bertz CT molecular complexity index is 1090. The van der Waals surface area contributed by atoms with E-state index < -0.39 is 0 Å². The maximum atomic E-state index is 12.5. The highest BCUT2D eigenvalue weighted by atomic mass is 79.9. The molecule has 0 fully saturated rings. The molecule has 9 heteroatoms. The summed E-state index contributed by atoms with van der Waals surface area (Å²) in [6.45, 7) is 0.578. The molecule has 0 atom stereocenters. The van der Waals surface area contributed by atoms with Gasteiger partial charge in [0.05, 0.1) is 22.9 Å². The Morgan fingerprint density at radius 1 is 1.27 bits per heavy atom. The molecule has 130 valence electrons. The van der Waals surface area contributed by atoms with Crippen molar-refractivity contribution in [3.63, 3.8) is 0 Å². The number of anilines is 1. The minimum absolute atomic E-state index is 0.258. The number of hydrogen-bond acceptors (Lipinski definition) is 4. The highest BCUT2D eigenvalue weighted by molar-refractivity contribution is 9.10. The number of nitrogens with one attached hydrogen (secondary N) is 1. The zero-order valence-electron chi connectivity index (χ0n) is 13.3. The van der Waals surface area contributed by atoms with Crippen LogP contribution in [-0.4, -0.2) is 30.3 Å². The fraction of sp³-hybridized carbons (Fsp3) is 0.0588. The lowest BCUT2D eigenvalue weighted by atomic mass is 10.2. The lowest BCUT2D eigenvalue weighted by molar-refractivity contribution is 0.102. The second kappa shape index (κ2) is 6.89. The summed E-state index contributed by atoms with van der Waals surface area (Å²) >= 11 is 9.27. The van der Waals surface area contributed by atoms with E-state index in [-0.39, 0.29) is 11.6 Å². The SMILES string of the molecule is O=C(Nc1cnn(Cc2ccc(Cl)cc2)c1)c1nn2cccnc2c1Br. The van der Waals surface area contributed by atoms with Gasteiger partial charge in [-0.1, -0.05) is 23.7 Å². The van der Waals surface area contributed by atoms with Crippen LogP contribution in [0.2, 0.25) is 5.02 Å². The van der Waals surface area contributed by atoms with Gasteiger partial charge in [0.15, 0.2) is 11.3 Å². The topological polar surface area (TPSA) is 77.1 Å². The largest absolute Gasteiger partial charge is 0.318 e. The third-order valence-electron chi connectivity index (χ3n) is 3.70. The Kier molecular flexibility index (Phi) is 4.44. The Labute approximate surface area is 161 Å². The lowest BCUT2D eigenvalue weighted by Crippen LogP contribution is -2.13. The second-order valence-corrected chi connectivity index (χ2v) is 6.79. The van der Waals surface area contributed by atoms with Gasteiger partial charge in [-0.3, -0.25) is 9.48 Å². The molecule has 1 aromatic carbocycles. The molecule has 0 aliphatic heterocycles. The first-order chi connectivity index (χ1) is 12.6. The van der Waals surface area contributed by atoms with E-state index in [1.807, 2.05) is 24.3 Å². The highest BCUT2D eigenvalue weighted by Crippen LogP contribution is 2.21. The van der Waals surface area contributed by atoms with Crippen LogP contribution in [0.4, 0.5) is 5.69 Å². The molecule has 0 bridgehead atoms. The molecule has 0 spiro atoms. The van der Waals surface area contributed by atoms with E-state index in [1.165, 1.54) is 0 Å². The summed E-state index contributed by atoms with van der Waals surface area (Å²) in [5, 5.41) is 12.0. The molecule has 0 unspecified atom stereocenters. The van der Waals surface area contributed by atoms with Crippen LogP contribution < -0.4 is 5.32 Å². The van der Waals surface area contributed by atoms with Crippen LogP contribution in [0.3, 0.4) is 0 Å². The molecule has 0 aliphatic rings. The van der Waals surface area contributed by atoms with Crippen molar-refractivity contribution in [2.45, 2.75) is 6.54 Å². The van der Waals surface area contributed by atoms with Gasteiger partial charge in [-0.15, -0.1) is 0 Å². The molecule has 3 aromatic heterocycles. The van der Waals surface area contributed by atoms with Crippen molar-refractivity contribution in [3.8, 4) is 0 Å². The zero-order valence-corrected chi connectivity index (χ0v) is 15.6. The smallest absolute Gasteiger partial charge is 0.277 e. The summed E-state index contributed by atoms with van der Waals surface area (Å²) in [5.74, 6) is -0.339. The fourth-order valence-electron chi connectivity index (χ4n) is 2.49. The van der Waals surface area contributed by atoms with Crippen LogP contribution in [0.1, 0.15) is 16.1 Å². The first kappa shape index (κ1) is 16.7. The van der Waals surface area contributed by atoms with Crippen molar-refractivity contribution in [2.75, 3.05) is 5.32 Å². The predicted octanol–water partition coefficient (Wildman–Crippen LogP) is 3.64. The van der Waals surface area contributed by atoms with Crippen LogP contribution in [0, 0.1) is 0 Å². The number of aromatic nitrogens is 5. The molecule has 4 rings (SSSR count). The summed E-state index contributed by atoms with van der Waals surface area (Å²) < 4.78 is 3.83. The second-order valence-electron chi connectivity index (χ2n) is 5.56. The summed E-state index contributed by atoms with van der Waals surface area (Å²) in [4.78, 5) is 16.7. The van der Waals surface area contributed by atoms with Gasteiger partial charge >= 0.3 is 0 Å². The first-order valence-electron chi connectivity index (χ1n) is 7.67. The van der Waals surface area contributed by atoms with E-state index in [0.29, 0.717) is 27.4 Å². The molecule has 4 aromatic rings. The van der Waals surface area contributed by atoms with Crippen molar-refractivity contribution < 1.29 is 4.79 Å². The van der Waals surface area contributed by atoms with Gasteiger partial charge in [-0.05, 0) is 39.7 Å². The molecule has 1 N–H and O–H groups in total. The van der Waals surface area contributed by atoms with Gasteiger partial charge in [0, 0.05) is 23.6 Å². The molecule has 7 nitrogen and oxygen atoms in total. The van der Waals surface area contributed by atoms with Crippen molar-refractivity contribution in [3.05, 3.63) is 75.9 Å². The molecule has 1 amide bonds. The number of carbonyl (C=O) groups excluding carboxylic acids is 1. The minimum Gasteiger partial charge on any atom is -0.318 e. The van der Waals surface area contributed by atoms with Gasteiger partial charge in [0.25, 0.3) is 5.91 Å². The van der Waals surface area contributed by atoms with E-state index in [1.54, 1.807) is 40.1 Å². The van der Waals surface area contributed by atoms with E-state index in [0.717, 1.165) is 5.56 Å². The van der Waals surface area contributed by atoms with Crippen molar-refractivity contribution in [1.82, 2.24) is 24.4 Å². The molecular weight excluding hydrogens is 420 g/mol. The summed E-state index contributed by atoms with van der Waals surface area (Å²) in [6.07, 6.45) is 6.72. The molecule has 3 heterocycles. The lowest BCUT2D eigenvalue weighted by Gasteiger charge is -2.02. The van der Waals surface area contributed by atoms with Gasteiger partial charge in [0.1, 0.15) is 0 Å². The number of nitrogens with zero attached hydrogens (tertiary/aromatic N) is 5. The Balaban J connectivity index is 1.50. The number of rotatable bonds is 4. The highest BCUT2D eigenvalue weighted by Gasteiger charge is 2.18. The summed E-state index contributed by atoms with van der Waals surface area (Å²) in [6, 6.07) is 9.27. The van der Waals surface area contributed by atoms with E-state index in [4.69, 9.17) is 11.6 Å². The number of fused-ring (bicyclic) bond motifs is 1. The van der Waals surface area contributed by atoms with Crippen LogP contribution in [0.5, 0.6) is 0 Å². The average Bonchev–Trinajstić information content (AvgIpc) is 3.22. The summed E-state index contributed by atoms with van der Waals surface area (Å²) in [5.41, 5.74) is 2.48. The van der Waals surface area contributed by atoms with Gasteiger partial charge in [0.2, 0.25) is 0 Å². The number of carbonyl (C=O) groups is 1. The van der Waals surface area contributed by atoms with Crippen LogP contribution in [0.15, 0.2) is 59.6 Å². The monoisotopic (exact) mass is 430 g/mol.